The van der Waals surface area contributed by atoms with Crippen LogP contribution < -0.4 is 4.74 Å². The third-order valence-corrected chi connectivity index (χ3v) is 3.37. The first-order chi connectivity index (χ1) is 9.13. The number of Topliss-reactive ketones (excluding diaryl/α,β-unsaturated/α-hetero) is 1. The van der Waals surface area contributed by atoms with E-state index in [1.165, 1.54) is 30.6 Å². The summed E-state index contributed by atoms with van der Waals surface area (Å²) in [5, 5.41) is 14.6. The van der Waals surface area contributed by atoms with Crippen molar-refractivity contribution >= 4 is 22.8 Å². The van der Waals surface area contributed by atoms with Crippen molar-refractivity contribution in [1.82, 2.24) is 0 Å². The number of nitrogens with zero attached hydrogens (tertiary/aromatic N) is 1. The number of para-hydroxylation sites is 1. The van der Waals surface area contributed by atoms with Gasteiger partial charge < -0.3 is 4.74 Å². The Bertz CT molecular complexity index is 607. The van der Waals surface area contributed by atoms with E-state index >= 15 is 0 Å². The fraction of sp³-hybridized carbons (Fsp3) is 0.154. The second kappa shape index (κ2) is 5.62. The van der Waals surface area contributed by atoms with Gasteiger partial charge in [-0.3, -0.25) is 14.9 Å². The highest BCUT2D eigenvalue weighted by molar-refractivity contribution is 7.08. The van der Waals surface area contributed by atoms with Crippen LogP contribution in [-0.2, 0) is 6.42 Å². The minimum Gasteiger partial charge on any atom is -0.490 e. The standard InChI is InChI=1S/C13H11NO4S/c1-18-13-10(3-2-4-11(13)14(16)17)12(15)7-9-5-6-19-8-9/h2-6,8H,7H2,1H3. The van der Waals surface area contributed by atoms with Crippen LogP contribution in [0.4, 0.5) is 5.69 Å². The Hall–Kier alpha value is -2.21. The Labute approximate surface area is 113 Å². The minimum atomic E-state index is -0.555. The van der Waals surface area contributed by atoms with E-state index in [1.54, 1.807) is 6.07 Å². The predicted molar refractivity (Wildman–Crippen MR) is 72.0 cm³/mol. The number of benzene rings is 1. The monoisotopic (exact) mass is 277 g/mol. The number of carbonyl (C=O) groups is 1. The molecule has 98 valence electrons. The average Bonchev–Trinajstić information content (AvgIpc) is 2.90. The van der Waals surface area contributed by atoms with Gasteiger partial charge in [0.2, 0.25) is 5.75 Å². The summed E-state index contributed by atoms with van der Waals surface area (Å²) in [5.74, 6) is -0.174. The maximum atomic E-state index is 12.2. The normalized spacial score (nSPS) is 10.2. The van der Waals surface area contributed by atoms with Gasteiger partial charge in [0, 0.05) is 12.5 Å². The first-order valence-electron chi connectivity index (χ1n) is 5.49. The number of thiophene rings is 1. The molecule has 0 saturated carbocycles. The van der Waals surface area contributed by atoms with E-state index in [4.69, 9.17) is 4.74 Å². The number of carbonyl (C=O) groups excluding carboxylic acids is 1. The summed E-state index contributed by atoms with van der Waals surface area (Å²) in [6, 6.07) is 6.20. The van der Waals surface area contributed by atoms with Gasteiger partial charge in [0.05, 0.1) is 17.6 Å². The van der Waals surface area contributed by atoms with Crippen molar-refractivity contribution in [2.24, 2.45) is 0 Å². The molecule has 1 aromatic carbocycles. The molecule has 2 rings (SSSR count). The van der Waals surface area contributed by atoms with Gasteiger partial charge in [0.1, 0.15) is 0 Å². The zero-order valence-electron chi connectivity index (χ0n) is 10.2. The molecular weight excluding hydrogens is 266 g/mol. The topological polar surface area (TPSA) is 69.4 Å². The van der Waals surface area contributed by atoms with Crippen LogP contribution in [0.25, 0.3) is 0 Å². The van der Waals surface area contributed by atoms with E-state index < -0.39 is 4.92 Å². The molecule has 6 heteroatoms. The van der Waals surface area contributed by atoms with Gasteiger partial charge in [-0.1, -0.05) is 6.07 Å². The largest absolute Gasteiger partial charge is 0.490 e. The van der Waals surface area contributed by atoms with E-state index in [0.717, 1.165) is 5.56 Å². The molecule has 0 unspecified atom stereocenters. The predicted octanol–water partition coefficient (Wildman–Crippen LogP) is 3.09. The van der Waals surface area contributed by atoms with Gasteiger partial charge in [0.15, 0.2) is 5.78 Å². The van der Waals surface area contributed by atoms with Crippen LogP contribution >= 0.6 is 11.3 Å². The van der Waals surface area contributed by atoms with Crippen molar-refractivity contribution in [2.75, 3.05) is 7.11 Å². The Morgan fingerprint density at radius 2 is 2.21 bits per heavy atom. The van der Waals surface area contributed by atoms with Gasteiger partial charge in [-0.05, 0) is 28.5 Å². The third-order valence-electron chi connectivity index (χ3n) is 2.64. The van der Waals surface area contributed by atoms with E-state index in [0.29, 0.717) is 0 Å². The summed E-state index contributed by atoms with van der Waals surface area (Å²) in [6.45, 7) is 0. The van der Waals surface area contributed by atoms with Gasteiger partial charge in [-0.15, -0.1) is 0 Å². The molecule has 0 amide bonds. The lowest BCUT2D eigenvalue weighted by Crippen LogP contribution is -2.07. The molecule has 0 bridgehead atoms. The second-order valence-corrected chi connectivity index (χ2v) is 4.63. The molecule has 0 radical (unpaired) electrons. The quantitative estimate of drug-likeness (QED) is 0.478. The van der Waals surface area contributed by atoms with Gasteiger partial charge in [-0.2, -0.15) is 11.3 Å². The molecular formula is C13H11NO4S. The maximum Gasteiger partial charge on any atom is 0.311 e. The SMILES string of the molecule is COc1c(C(=O)Cc2ccsc2)cccc1[N+](=O)[O-]. The summed E-state index contributed by atoms with van der Waals surface area (Å²) in [5.41, 5.74) is 0.935. The summed E-state index contributed by atoms with van der Waals surface area (Å²) in [7, 11) is 1.32. The molecule has 0 aliphatic heterocycles. The lowest BCUT2D eigenvalue weighted by molar-refractivity contribution is -0.385. The Kier molecular flexibility index (Phi) is 3.91. The minimum absolute atomic E-state index is 0.0210. The van der Waals surface area contributed by atoms with Crippen LogP contribution in [0.1, 0.15) is 15.9 Å². The van der Waals surface area contributed by atoms with Crippen LogP contribution in [0.3, 0.4) is 0 Å². The summed E-state index contributed by atoms with van der Waals surface area (Å²) < 4.78 is 5.02. The van der Waals surface area contributed by atoms with E-state index in [2.05, 4.69) is 0 Å². The number of ketones is 1. The Balaban J connectivity index is 2.36. The molecule has 5 nitrogen and oxygen atoms in total. The molecule has 0 aliphatic carbocycles. The van der Waals surface area contributed by atoms with Crippen LogP contribution in [0.5, 0.6) is 5.75 Å². The molecule has 1 heterocycles. The van der Waals surface area contributed by atoms with E-state index in [9.17, 15) is 14.9 Å². The fourth-order valence-electron chi connectivity index (χ4n) is 1.78. The Morgan fingerprint density at radius 3 is 2.79 bits per heavy atom. The highest BCUT2D eigenvalue weighted by atomic mass is 32.1. The summed E-state index contributed by atoms with van der Waals surface area (Å²) in [6.07, 6.45) is 0.209. The maximum absolute atomic E-state index is 12.2. The van der Waals surface area contributed by atoms with Crippen LogP contribution in [-0.4, -0.2) is 17.8 Å². The van der Waals surface area contributed by atoms with E-state index in [-0.39, 0.29) is 29.2 Å². The smallest absolute Gasteiger partial charge is 0.311 e. The number of nitro groups is 1. The molecule has 0 aliphatic rings. The second-order valence-electron chi connectivity index (χ2n) is 3.85. The lowest BCUT2D eigenvalue weighted by Gasteiger charge is -2.07. The molecule has 0 spiro atoms. The molecule has 0 fully saturated rings. The first kappa shape index (κ1) is 13.2. The fourth-order valence-corrected chi connectivity index (χ4v) is 2.45. The highest BCUT2D eigenvalue weighted by Gasteiger charge is 2.22. The zero-order chi connectivity index (χ0) is 13.8. The molecule has 0 saturated heterocycles. The summed E-state index contributed by atoms with van der Waals surface area (Å²) >= 11 is 1.50. The molecule has 19 heavy (non-hydrogen) atoms. The third kappa shape index (κ3) is 2.79. The molecule has 0 N–H and O–H groups in total. The number of hydrogen-bond acceptors (Lipinski definition) is 5. The first-order valence-corrected chi connectivity index (χ1v) is 6.43. The average molecular weight is 277 g/mol. The van der Waals surface area contributed by atoms with Crippen molar-refractivity contribution in [3.8, 4) is 5.75 Å². The molecule has 1 aromatic heterocycles. The van der Waals surface area contributed by atoms with Crippen molar-refractivity contribution in [1.29, 1.82) is 0 Å². The van der Waals surface area contributed by atoms with Gasteiger partial charge in [-0.25, -0.2) is 0 Å². The van der Waals surface area contributed by atoms with Crippen molar-refractivity contribution in [3.05, 3.63) is 56.3 Å². The van der Waals surface area contributed by atoms with Crippen molar-refractivity contribution in [2.45, 2.75) is 6.42 Å². The summed E-state index contributed by atoms with van der Waals surface area (Å²) in [4.78, 5) is 22.5. The number of rotatable bonds is 5. The van der Waals surface area contributed by atoms with Crippen molar-refractivity contribution < 1.29 is 14.5 Å². The number of hydrogen-bond donors (Lipinski definition) is 0. The van der Waals surface area contributed by atoms with Crippen LogP contribution in [0.2, 0.25) is 0 Å². The molecule has 2 aromatic rings. The zero-order valence-corrected chi connectivity index (χ0v) is 11.0. The number of ether oxygens (including phenoxy) is 1. The highest BCUT2D eigenvalue weighted by Crippen LogP contribution is 2.31. The lowest BCUT2D eigenvalue weighted by atomic mass is 10.0. The van der Waals surface area contributed by atoms with Crippen LogP contribution in [0.15, 0.2) is 35.0 Å². The Morgan fingerprint density at radius 1 is 1.42 bits per heavy atom. The number of nitro benzene ring substituents is 1. The van der Waals surface area contributed by atoms with Crippen LogP contribution in [0, 0.1) is 10.1 Å². The van der Waals surface area contributed by atoms with Crippen molar-refractivity contribution in [3.63, 3.8) is 0 Å². The van der Waals surface area contributed by atoms with Gasteiger partial charge in [0.25, 0.3) is 0 Å². The molecule has 0 atom stereocenters. The van der Waals surface area contributed by atoms with Gasteiger partial charge >= 0.3 is 5.69 Å². The number of methoxy groups -OCH3 is 1. The van der Waals surface area contributed by atoms with E-state index in [1.807, 2.05) is 16.8 Å².